The minimum atomic E-state index is -0.784. The van der Waals surface area contributed by atoms with E-state index in [1.54, 1.807) is 37.3 Å². The highest BCUT2D eigenvalue weighted by Crippen LogP contribution is 2.37. The first-order valence-electron chi connectivity index (χ1n) is 11.5. The second-order valence-electron chi connectivity index (χ2n) is 8.67. The molecule has 4 heteroatoms. The van der Waals surface area contributed by atoms with Crippen molar-refractivity contribution in [1.29, 1.82) is 0 Å². The van der Waals surface area contributed by atoms with Gasteiger partial charge in [0.2, 0.25) is 0 Å². The van der Waals surface area contributed by atoms with Gasteiger partial charge in [-0.05, 0) is 74.1 Å². The molecule has 0 amide bonds. The molecule has 1 nitrogen and oxygen atoms in total. The fourth-order valence-electron chi connectivity index (χ4n) is 4.27. The van der Waals surface area contributed by atoms with Crippen molar-refractivity contribution in [2.24, 2.45) is 5.92 Å². The lowest BCUT2D eigenvalue weighted by atomic mass is 9.78. The van der Waals surface area contributed by atoms with Crippen LogP contribution >= 0.6 is 0 Å². The Bertz CT molecular complexity index is 882. The smallest absolute Gasteiger partial charge is 0.166 e. The maximum Gasteiger partial charge on any atom is 0.166 e. The molecule has 0 saturated heterocycles. The van der Waals surface area contributed by atoms with Crippen LogP contribution in [0.3, 0.4) is 0 Å². The van der Waals surface area contributed by atoms with Crippen molar-refractivity contribution in [2.45, 2.75) is 71.1 Å². The van der Waals surface area contributed by atoms with Gasteiger partial charge in [0, 0.05) is 5.56 Å². The average Bonchev–Trinajstić information content (AvgIpc) is 2.78. The summed E-state index contributed by atoms with van der Waals surface area (Å²) in [7, 11) is 0. The monoisotopic (exact) mass is 430 g/mol. The van der Waals surface area contributed by atoms with Crippen LogP contribution < -0.4 is 4.74 Å². The number of rotatable bonds is 9. The normalized spacial score (nSPS) is 19.1. The molecule has 0 aromatic heterocycles. The van der Waals surface area contributed by atoms with E-state index < -0.39 is 11.6 Å². The fraction of sp³-hybridized carbons (Fsp3) is 0.481. The van der Waals surface area contributed by atoms with Crippen molar-refractivity contribution >= 4 is 6.08 Å². The standard InChI is InChI=1S/C27H33F3O/c1-3-4-5-6-17-31-25-16-15-23(18-24(25)28)21-12-8-20(9-13-21)10-14-22-11-7-19(2)26(29)27(22)30/h7,10-11,14-16,18,20-21H,3-6,8-9,12-13,17H2,1-2H3/b14-10+. The van der Waals surface area contributed by atoms with Gasteiger partial charge in [0.1, 0.15) is 0 Å². The fourth-order valence-corrected chi connectivity index (χ4v) is 4.27. The Morgan fingerprint density at radius 2 is 1.71 bits per heavy atom. The molecule has 2 aromatic rings. The third kappa shape index (κ3) is 6.38. The Balaban J connectivity index is 1.51. The first-order valence-corrected chi connectivity index (χ1v) is 11.5. The van der Waals surface area contributed by atoms with E-state index in [1.807, 2.05) is 12.1 Å². The molecule has 0 unspecified atom stereocenters. The summed E-state index contributed by atoms with van der Waals surface area (Å²) in [5, 5.41) is 0. The lowest BCUT2D eigenvalue weighted by molar-refractivity contribution is 0.290. The molecular formula is C27H33F3O. The van der Waals surface area contributed by atoms with Crippen molar-refractivity contribution in [3.8, 4) is 5.75 Å². The second kappa shape index (κ2) is 11.4. The van der Waals surface area contributed by atoms with E-state index in [0.29, 0.717) is 29.8 Å². The Morgan fingerprint density at radius 1 is 0.935 bits per heavy atom. The lowest BCUT2D eigenvalue weighted by Crippen LogP contribution is -2.12. The summed E-state index contributed by atoms with van der Waals surface area (Å²) in [6.45, 7) is 4.27. The van der Waals surface area contributed by atoms with E-state index in [2.05, 4.69) is 6.92 Å². The third-order valence-corrected chi connectivity index (χ3v) is 6.31. The van der Waals surface area contributed by atoms with Crippen molar-refractivity contribution in [3.63, 3.8) is 0 Å². The summed E-state index contributed by atoms with van der Waals surface area (Å²) < 4.78 is 47.8. The first kappa shape index (κ1) is 23.4. The highest BCUT2D eigenvalue weighted by Gasteiger charge is 2.22. The quantitative estimate of drug-likeness (QED) is 0.363. The number of aryl methyl sites for hydroxylation is 1. The van der Waals surface area contributed by atoms with Crippen LogP contribution in [-0.4, -0.2) is 6.61 Å². The molecule has 0 heterocycles. The van der Waals surface area contributed by atoms with Crippen LogP contribution in [0.1, 0.15) is 80.9 Å². The average molecular weight is 431 g/mol. The summed E-state index contributed by atoms with van der Waals surface area (Å²) in [4.78, 5) is 0. The number of benzene rings is 2. The molecule has 0 aliphatic heterocycles. The number of unbranched alkanes of at least 4 members (excludes halogenated alkanes) is 3. The van der Waals surface area contributed by atoms with Crippen molar-refractivity contribution < 1.29 is 17.9 Å². The molecule has 1 fully saturated rings. The predicted octanol–water partition coefficient (Wildman–Crippen LogP) is 8.36. The van der Waals surface area contributed by atoms with Gasteiger partial charge in [-0.1, -0.05) is 56.5 Å². The molecule has 0 N–H and O–H groups in total. The van der Waals surface area contributed by atoms with Gasteiger partial charge in [0.15, 0.2) is 23.2 Å². The Kier molecular flexibility index (Phi) is 8.62. The number of hydrogen-bond donors (Lipinski definition) is 0. The van der Waals surface area contributed by atoms with E-state index in [-0.39, 0.29) is 11.4 Å². The predicted molar refractivity (Wildman–Crippen MR) is 121 cm³/mol. The van der Waals surface area contributed by atoms with Crippen molar-refractivity contribution in [1.82, 2.24) is 0 Å². The van der Waals surface area contributed by atoms with Gasteiger partial charge in [-0.15, -0.1) is 0 Å². The molecule has 0 radical (unpaired) electrons. The summed E-state index contributed by atoms with van der Waals surface area (Å²) in [5.74, 6) is -0.854. The van der Waals surface area contributed by atoms with Crippen molar-refractivity contribution in [2.75, 3.05) is 6.61 Å². The van der Waals surface area contributed by atoms with Gasteiger partial charge in [-0.2, -0.15) is 0 Å². The largest absolute Gasteiger partial charge is 0.491 e. The third-order valence-electron chi connectivity index (χ3n) is 6.31. The zero-order valence-electron chi connectivity index (χ0n) is 18.6. The SMILES string of the molecule is CCCCCCOc1ccc(C2CCC(/C=C/c3ccc(C)c(F)c3F)CC2)cc1F. The van der Waals surface area contributed by atoms with Crippen LogP contribution in [-0.2, 0) is 0 Å². The number of hydrogen-bond acceptors (Lipinski definition) is 1. The van der Waals surface area contributed by atoms with E-state index >= 15 is 0 Å². The zero-order valence-corrected chi connectivity index (χ0v) is 18.6. The molecule has 2 aromatic carbocycles. The van der Waals surface area contributed by atoms with Crippen LogP contribution in [0.25, 0.3) is 6.08 Å². The topological polar surface area (TPSA) is 9.23 Å². The van der Waals surface area contributed by atoms with Crippen LogP contribution in [0.5, 0.6) is 5.75 Å². The van der Waals surface area contributed by atoms with Crippen LogP contribution in [0.15, 0.2) is 36.4 Å². The van der Waals surface area contributed by atoms with Gasteiger partial charge >= 0.3 is 0 Å². The van der Waals surface area contributed by atoms with E-state index in [4.69, 9.17) is 4.74 Å². The zero-order chi connectivity index (χ0) is 22.2. The maximum absolute atomic E-state index is 14.5. The van der Waals surface area contributed by atoms with Crippen LogP contribution in [0.2, 0.25) is 0 Å². The van der Waals surface area contributed by atoms with Gasteiger partial charge in [0.25, 0.3) is 0 Å². The Hall–Kier alpha value is -2.23. The van der Waals surface area contributed by atoms with E-state index in [0.717, 1.165) is 44.1 Å². The van der Waals surface area contributed by atoms with Crippen LogP contribution in [0, 0.1) is 30.3 Å². The molecule has 1 aliphatic rings. The first-order chi connectivity index (χ1) is 15.0. The summed E-state index contributed by atoms with van der Waals surface area (Å²) in [6.07, 6.45) is 11.9. The minimum absolute atomic E-state index is 0.285. The number of allylic oxidation sites excluding steroid dienone is 1. The Morgan fingerprint density at radius 3 is 2.42 bits per heavy atom. The van der Waals surface area contributed by atoms with Gasteiger partial charge < -0.3 is 4.74 Å². The highest BCUT2D eigenvalue weighted by atomic mass is 19.2. The van der Waals surface area contributed by atoms with Crippen LogP contribution in [0.4, 0.5) is 13.2 Å². The highest BCUT2D eigenvalue weighted by molar-refractivity contribution is 5.51. The molecule has 0 bridgehead atoms. The lowest BCUT2D eigenvalue weighted by Gasteiger charge is -2.27. The van der Waals surface area contributed by atoms with Gasteiger partial charge in [-0.25, -0.2) is 13.2 Å². The number of halogens is 3. The van der Waals surface area contributed by atoms with Gasteiger partial charge in [0.05, 0.1) is 6.61 Å². The summed E-state index contributed by atoms with van der Waals surface area (Å²) >= 11 is 0. The molecule has 1 aliphatic carbocycles. The molecule has 3 rings (SSSR count). The number of ether oxygens (including phenoxy) is 1. The molecular weight excluding hydrogens is 397 g/mol. The minimum Gasteiger partial charge on any atom is -0.491 e. The Labute approximate surface area is 184 Å². The second-order valence-corrected chi connectivity index (χ2v) is 8.67. The summed E-state index contributed by atoms with van der Waals surface area (Å²) in [6, 6.07) is 8.57. The maximum atomic E-state index is 14.5. The summed E-state index contributed by atoms with van der Waals surface area (Å²) in [5.41, 5.74) is 1.62. The molecule has 0 atom stereocenters. The van der Waals surface area contributed by atoms with E-state index in [9.17, 15) is 13.2 Å². The molecule has 0 spiro atoms. The van der Waals surface area contributed by atoms with Gasteiger partial charge in [-0.3, -0.25) is 0 Å². The molecule has 168 valence electrons. The molecule has 1 saturated carbocycles. The van der Waals surface area contributed by atoms with E-state index in [1.165, 1.54) is 12.8 Å². The van der Waals surface area contributed by atoms with Crippen molar-refractivity contribution in [3.05, 3.63) is 70.5 Å². The molecule has 31 heavy (non-hydrogen) atoms.